The SMILES string of the molecule is CCOCCOc1ccc(CNc2cccc(C)c2)cc1. The van der Waals surface area contributed by atoms with Gasteiger partial charge in [-0.15, -0.1) is 0 Å². The molecule has 112 valence electrons. The third-order valence-electron chi connectivity index (χ3n) is 3.14. The van der Waals surface area contributed by atoms with Crippen molar-refractivity contribution >= 4 is 5.69 Å². The van der Waals surface area contributed by atoms with Crippen molar-refractivity contribution < 1.29 is 9.47 Å². The van der Waals surface area contributed by atoms with Crippen LogP contribution in [0.4, 0.5) is 5.69 Å². The summed E-state index contributed by atoms with van der Waals surface area (Å²) in [7, 11) is 0. The summed E-state index contributed by atoms with van der Waals surface area (Å²) in [5.41, 5.74) is 3.64. The zero-order valence-corrected chi connectivity index (χ0v) is 12.8. The second-order valence-corrected chi connectivity index (χ2v) is 4.91. The van der Waals surface area contributed by atoms with Crippen molar-refractivity contribution in [1.29, 1.82) is 0 Å². The molecule has 21 heavy (non-hydrogen) atoms. The highest BCUT2D eigenvalue weighted by molar-refractivity contribution is 5.46. The Balaban J connectivity index is 1.79. The second kappa shape index (κ2) is 8.32. The molecule has 0 spiro atoms. The number of hydrogen-bond acceptors (Lipinski definition) is 3. The zero-order valence-electron chi connectivity index (χ0n) is 12.8. The predicted molar refractivity (Wildman–Crippen MR) is 86.9 cm³/mol. The smallest absolute Gasteiger partial charge is 0.119 e. The van der Waals surface area contributed by atoms with Gasteiger partial charge in [0.05, 0.1) is 6.61 Å². The van der Waals surface area contributed by atoms with E-state index in [0.29, 0.717) is 13.2 Å². The molecule has 0 saturated carbocycles. The van der Waals surface area contributed by atoms with Crippen molar-refractivity contribution in [2.75, 3.05) is 25.1 Å². The minimum Gasteiger partial charge on any atom is -0.491 e. The van der Waals surface area contributed by atoms with Crippen LogP contribution in [-0.2, 0) is 11.3 Å². The molecule has 2 aromatic rings. The van der Waals surface area contributed by atoms with Gasteiger partial charge in [-0.25, -0.2) is 0 Å². The largest absolute Gasteiger partial charge is 0.491 e. The van der Waals surface area contributed by atoms with Gasteiger partial charge < -0.3 is 14.8 Å². The van der Waals surface area contributed by atoms with Gasteiger partial charge in [-0.1, -0.05) is 24.3 Å². The van der Waals surface area contributed by atoms with Crippen LogP contribution in [0.1, 0.15) is 18.1 Å². The molecule has 0 aliphatic carbocycles. The van der Waals surface area contributed by atoms with Crippen molar-refractivity contribution in [3.8, 4) is 5.75 Å². The van der Waals surface area contributed by atoms with Gasteiger partial charge in [0.1, 0.15) is 12.4 Å². The Hall–Kier alpha value is -2.00. The van der Waals surface area contributed by atoms with E-state index in [-0.39, 0.29) is 0 Å². The molecule has 0 bridgehead atoms. The molecule has 3 heteroatoms. The highest BCUT2D eigenvalue weighted by atomic mass is 16.5. The van der Waals surface area contributed by atoms with Gasteiger partial charge in [0.2, 0.25) is 0 Å². The average molecular weight is 285 g/mol. The second-order valence-electron chi connectivity index (χ2n) is 4.91. The Kier molecular flexibility index (Phi) is 6.10. The van der Waals surface area contributed by atoms with Gasteiger partial charge in [-0.2, -0.15) is 0 Å². The fourth-order valence-electron chi connectivity index (χ4n) is 2.03. The minimum atomic E-state index is 0.592. The molecule has 0 fully saturated rings. The standard InChI is InChI=1S/C18H23NO2/c1-3-20-11-12-21-18-9-7-16(8-10-18)14-19-17-6-4-5-15(2)13-17/h4-10,13,19H,3,11-12,14H2,1-2H3. The Morgan fingerprint density at radius 3 is 2.52 bits per heavy atom. The number of anilines is 1. The molecule has 2 rings (SSSR count). The van der Waals surface area contributed by atoms with E-state index in [0.717, 1.165) is 24.6 Å². The maximum absolute atomic E-state index is 5.60. The van der Waals surface area contributed by atoms with E-state index in [2.05, 4.69) is 48.6 Å². The van der Waals surface area contributed by atoms with Gasteiger partial charge in [-0.3, -0.25) is 0 Å². The molecule has 1 N–H and O–H groups in total. The number of hydrogen-bond donors (Lipinski definition) is 1. The molecule has 0 unspecified atom stereocenters. The van der Waals surface area contributed by atoms with E-state index in [4.69, 9.17) is 9.47 Å². The summed E-state index contributed by atoms with van der Waals surface area (Å²) in [6, 6.07) is 16.5. The van der Waals surface area contributed by atoms with Crippen molar-refractivity contribution in [3.05, 3.63) is 59.7 Å². The van der Waals surface area contributed by atoms with Crippen LogP contribution < -0.4 is 10.1 Å². The number of nitrogens with one attached hydrogen (secondary N) is 1. The lowest BCUT2D eigenvalue weighted by atomic mass is 10.2. The van der Waals surface area contributed by atoms with Crippen molar-refractivity contribution in [1.82, 2.24) is 0 Å². The average Bonchev–Trinajstić information content (AvgIpc) is 2.51. The predicted octanol–water partition coefficient (Wildman–Crippen LogP) is 4.02. The molecule has 0 saturated heterocycles. The molecule has 2 aromatic carbocycles. The fourth-order valence-corrected chi connectivity index (χ4v) is 2.03. The molecule has 0 aliphatic rings. The Labute approximate surface area is 126 Å². The number of aryl methyl sites for hydroxylation is 1. The summed E-state index contributed by atoms with van der Waals surface area (Å²) < 4.78 is 10.8. The monoisotopic (exact) mass is 285 g/mol. The normalized spacial score (nSPS) is 10.4. The Bertz CT molecular complexity index is 537. The molecular formula is C18H23NO2. The molecule has 0 radical (unpaired) electrons. The summed E-state index contributed by atoms with van der Waals surface area (Å²) in [6.07, 6.45) is 0. The molecule has 3 nitrogen and oxygen atoms in total. The van der Waals surface area contributed by atoms with Crippen LogP contribution in [0.2, 0.25) is 0 Å². The van der Waals surface area contributed by atoms with Crippen LogP contribution in [-0.4, -0.2) is 19.8 Å². The lowest BCUT2D eigenvalue weighted by Crippen LogP contribution is -2.06. The first kappa shape index (κ1) is 15.4. The van der Waals surface area contributed by atoms with Gasteiger partial charge in [0.15, 0.2) is 0 Å². The maximum atomic E-state index is 5.60. The van der Waals surface area contributed by atoms with Crippen LogP contribution in [0.3, 0.4) is 0 Å². The Morgan fingerprint density at radius 2 is 1.81 bits per heavy atom. The van der Waals surface area contributed by atoms with Crippen molar-refractivity contribution in [2.24, 2.45) is 0 Å². The third kappa shape index (κ3) is 5.48. The summed E-state index contributed by atoms with van der Waals surface area (Å²) in [4.78, 5) is 0. The molecular weight excluding hydrogens is 262 g/mol. The summed E-state index contributed by atoms with van der Waals surface area (Å²) in [5.74, 6) is 0.883. The molecule has 0 aromatic heterocycles. The third-order valence-corrected chi connectivity index (χ3v) is 3.14. The van der Waals surface area contributed by atoms with E-state index in [1.165, 1.54) is 11.1 Å². The van der Waals surface area contributed by atoms with Crippen LogP contribution in [0.15, 0.2) is 48.5 Å². The number of ether oxygens (including phenoxy) is 2. The first-order chi connectivity index (χ1) is 10.3. The topological polar surface area (TPSA) is 30.5 Å². The molecule has 0 amide bonds. The van der Waals surface area contributed by atoms with Crippen LogP contribution >= 0.6 is 0 Å². The number of rotatable bonds is 8. The quantitative estimate of drug-likeness (QED) is 0.743. The molecule has 0 heterocycles. The highest BCUT2D eigenvalue weighted by Gasteiger charge is 1.97. The van der Waals surface area contributed by atoms with E-state index in [9.17, 15) is 0 Å². The van der Waals surface area contributed by atoms with Crippen molar-refractivity contribution in [2.45, 2.75) is 20.4 Å². The van der Waals surface area contributed by atoms with E-state index in [1.54, 1.807) is 0 Å². The van der Waals surface area contributed by atoms with Crippen LogP contribution in [0.5, 0.6) is 5.75 Å². The summed E-state index contributed by atoms with van der Waals surface area (Å²) in [5, 5.41) is 3.42. The Morgan fingerprint density at radius 1 is 1.00 bits per heavy atom. The van der Waals surface area contributed by atoms with Crippen LogP contribution in [0.25, 0.3) is 0 Å². The summed E-state index contributed by atoms with van der Waals surface area (Å²) >= 11 is 0. The zero-order chi connectivity index (χ0) is 14.9. The van der Waals surface area contributed by atoms with E-state index < -0.39 is 0 Å². The highest BCUT2D eigenvalue weighted by Crippen LogP contribution is 2.15. The van der Waals surface area contributed by atoms with Crippen LogP contribution in [0, 0.1) is 6.92 Å². The first-order valence-corrected chi connectivity index (χ1v) is 7.38. The number of benzene rings is 2. The lowest BCUT2D eigenvalue weighted by Gasteiger charge is -2.09. The van der Waals surface area contributed by atoms with Crippen molar-refractivity contribution in [3.63, 3.8) is 0 Å². The minimum absolute atomic E-state index is 0.592. The van der Waals surface area contributed by atoms with Gasteiger partial charge in [0.25, 0.3) is 0 Å². The van der Waals surface area contributed by atoms with Gasteiger partial charge in [0, 0.05) is 18.8 Å². The first-order valence-electron chi connectivity index (χ1n) is 7.38. The van der Waals surface area contributed by atoms with E-state index >= 15 is 0 Å². The summed E-state index contributed by atoms with van der Waals surface area (Å²) in [6.45, 7) is 6.84. The molecule has 0 aliphatic heterocycles. The fraction of sp³-hybridized carbons (Fsp3) is 0.333. The van der Waals surface area contributed by atoms with Gasteiger partial charge in [-0.05, 0) is 49.2 Å². The molecule has 0 atom stereocenters. The van der Waals surface area contributed by atoms with Gasteiger partial charge >= 0.3 is 0 Å². The maximum Gasteiger partial charge on any atom is 0.119 e. The lowest BCUT2D eigenvalue weighted by molar-refractivity contribution is 0.110. The van der Waals surface area contributed by atoms with E-state index in [1.807, 2.05) is 19.1 Å².